The van der Waals surface area contributed by atoms with Crippen LogP contribution in [-0.2, 0) is 9.53 Å². The first-order valence-corrected chi connectivity index (χ1v) is 8.58. The topological polar surface area (TPSA) is 26.3 Å². The quantitative estimate of drug-likeness (QED) is 0.464. The van der Waals surface area contributed by atoms with Gasteiger partial charge in [-0.1, -0.05) is 57.6 Å². The normalized spacial score (nSPS) is 25.1. The molecule has 1 fully saturated rings. The third-order valence-corrected chi connectivity index (χ3v) is 4.23. The summed E-state index contributed by atoms with van der Waals surface area (Å²) in [6.45, 7) is 6.26. The highest BCUT2D eigenvalue weighted by Gasteiger charge is 2.13. The summed E-state index contributed by atoms with van der Waals surface area (Å²) in [6.07, 6.45) is 14.7. The number of cyclic esters (lactones) is 1. The molecule has 0 N–H and O–H groups in total. The maximum absolute atomic E-state index is 11.8. The molecule has 2 nitrogen and oxygen atoms in total. The van der Waals surface area contributed by atoms with Crippen molar-refractivity contribution < 1.29 is 9.53 Å². The molecule has 0 bridgehead atoms. The molecule has 1 saturated heterocycles. The van der Waals surface area contributed by atoms with Gasteiger partial charge in [-0.15, -0.1) is 0 Å². The Balaban J connectivity index is 2.39. The fourth-order valence-corrected chi connectivity index (χ4v) is 2.79. The molecular formula is C18H32O2. The zero-order chi connectivity index (χ0) is 14.6. The Morgan fingerprint density at radius 2 is 1.50 bits per heavy atom. The summed E-state index contributed by atoms with van der Waals surface area (Å²) in [6, 6.07) is 0. The standard InChI is InChI=1S/C18H32O2/c1-3-17-15-14-16(2)12-10-8-6-4-5-7-9-11-13-18(19)20-17/h17H,2-15H2,1H3/t17-/m0/s1. The fourth-order valence-electron chi connectivity index (χ4n) is 2.79. The molecule has 0 aliphatic carbocycles. The van der Waals surface area contributed by atoms with E-state index in [0.717, 1.165) is 32.1 Å². The summed E-state index contributed by atoms with van der Waals surface area (Å²) < 4.78 is 5.57. The Labute approximate surface area is 125 Å². The third kappa shape index (κ3) is 8.39. The van der Waals surface area contributed by atoms with Crippen LogP contribution in [0.15, 0.2) is 12.2 Å². The van der Waals surface area contributed by atoms with Crippen LogP contribution >= 0.6 is 0 Å². The lowest BCUT2D eigenvalue weighted by atomic mass is 10.00. The highest BCUT2D eigenvalue weighted by molar-refractivity contribution is 5.69. The molecule has 0 saturated carbocycles. The molecule has 1 aliphatic rings. The van der Waals surface area contributed by atoms with E-state index >= 15 is 0 Å². The zero-order valence-electron chi connectivity index (χ0n) is 13.3. The molecule has 2 heteroatoms. The molecule has 0 unspecified atom stereocenters. The van der Waals surface area contributed by atoms with Gasteiger partial charge in [0.25, 0.3) is 0 Å². The van der Waals surface area contributed by atoms with E-state index in [9.17, 15) is 4.79 Å². The Morgan fingerprint density at radius 1 is 0.950 bits per heavy atom. The first kappa shape index (κ1) is 17.3. The van der Waals surface area contributed by atoms with Crippen molar-refractivity contribution in [2.24, 2.45) is 0 Å². The molecule has 1 heterocycles. The van der Waals surface area contributed by atoms with Gasteiger partial charge < -0.3 is 4.74 Å². The maximum atomic E-state index is 11.8. The van der Waals surface area contributed by atoms with Crippen LogP contribution in [0.1, 0.15) is 90.4 Å². The number of allylic oxidation sites excluding steroid dienone is 1. The van der Waals surface area contributed by atoms with Crippen LogP contribution < -0.4 is 0 Å². The van der Waals surface area contributed by atoms with Gasteiger partial charge in [0.2, 0.25) is 0 Å². The molecule has 0 aromatic heterocycles. The highest BCUT2D eigenvalue weighted by atomic mass is 16.5. The van der Waals surface area contributed by atoms with Gasteiger partial charge in [0.15, 0.2) is 0 Å². The second kappa shape index (κ2) is 10.9. The van der Waals surface area contributed by atoms with E-state index in [2.05, 4.69) is 13.5 Å². The minimum absolute atomic E-state index is 0.00504. The molecule has 0 spiro atoms. The third-order valence-electron chi connectivity index (χ3n) is 4.23. The van der Waals surface area contributed by atoms with Crippen molar-refractivity contribution in [2.75, 3.05) is 0 Å². The highest BCUT2D eigenvalue weighted by Crippen LogP contribution is 2.19. The van der Waals surface area contributed by atoms with Crippen LogP contribution in [0.3, 0.4) is 0 Å². The van der Waals surface area contributed by atoms with Crippen molar-refractivity contribution in [3.05, 3.63) is 12.2 Å². The zero-order valence-corrected chi connectivity index (χ0v) is 13.3. The summed E-state index contributed by atoms with van der Waals surface area (Å²) in [7, 11) is 0. The molecule has 0 aromatic rings. The first-order valence-electron chi connectivity index (χ1n) is 8.58. The Morgan fingerprint density at radius 3 is 2.10 bits per heavy atom. The Hall–Kier alpha value is -0.790. The van der Waals surface area contributed by atoms with Crippen LogP contribution in [0.2, 0.25) is 0 Å². The van der Waals surface area contributed by atoms with Crippen LogP contribution in [0.5, 0.6) is 0 Å². The number of rotatable bonds is 1. The van der Waals surface area contributed by atoms with E-state index in [4.69, 9.17) is 4.74 Å². The SMILES string of the molecule is C=C1CCCCCCCCCCC(=O)O[C@@H](CC)CC1. The molecule has 1 aliphatic heterocycles. The van der Waals surface area contributed by atoms with E-state index in [1.54, 1.807) is 0 Å². The van der Waals surface area contributed by atoms with E-state index in [1.165, 1.54) is 50.5 Å². The number of carbonyl (C=O) groups excluding carboxylic acids is 1. The van der Waals surface area contributed by atoms with E-state index in [-0.39, 0.29) is 12.1 Å². The number of carbonyl (C=O) groups is 1. The van der Waals surface area contributed by atoms with Crippen LogP contribution in [0.25, 0.3) is 0 Å². The van der Waals surface area contributed by atoms with Gasteiger partial charge in [-0.25, -0.2) is 0 Å². The second-order valence-electron chi connectivity index (χ2n) is 6.14. The van der Waals surface area contributed by atoms with Crippen LogP contribution in [-0.4, -0.2) is 12.1 Å². The minimum Gasteiger partial charge on any atom is -0.462 e. The monoisotopic (exact) mass is 280 g/mol. The van der Waals surface area contributed by atoms with Crippen molar-refractivity contribution >= 4 is 5.97 Å². The molecule has 1 atom stereocenters. The molecule has 116 valence electrons. The number of ether oxygens (including phenoxy) is 1. The molecule has 1 rings (SSSR count). The van der Waals surface area contributed by atoms with Gasteiger partial charge in [0, 0.05) is 6.42 Å². The number of hydrogen-bond acceptors (Lipinski definition) is 2. The average Bonchev–Trinajstić information content (AvgIpc) is 2.44. The van der Waals surface area contributed by atoms with Crippen molar-refractivity contribution in [1.29, 1.82) is 0 Å². The fraction of sp³-hybridized carbons (Fsp3) is 0.833. The first-order chi connectivity index (χ1) is 9.72. The average molecular weight is 280 g/mol. The summed E-state index contributed by atoms with van der Waals surface area (Å²) in [5.41, 5.74) is 1.33. The van der Waals surface area contributed by atoms with Crippen molar-refractivity contribution in [3.8, 4) is 0 Å². The van der Waals surface area contributed by atoms with Crippen molar-refractivity contribution in [2.45, 2.75) is 96.5 Å². The Bertz CT molecular complexity index is 283. The minimum atomic E-state index is -0.00504. The lowest BCUT2D eigenvalue weighted by Crippen LogP contribution is -2.17. The molecule has 20 heavy (non-hydrogen) atoms. The number of esters is 1. The summed E-state index contributed by atoms with van der Waals surface area (Å²) in [5.74, 6) is -0.00504. The summed E-state index contributed by atoms with van der Waals surface area (Å²) in [4.78, 5) is 11.8. The van der Waals surface area contributed by atoms with Crippen LogP contribution in [0, 0.1) is 0 Å². The molecule has 0 aromatic carbocycles. The molecule has 0 amide bonds. The smallest absolute Gasteiger partial charge is 0.306 e. The van der Waals surface area contributed by atoms with Gasteiger partial charge in [-0.2, -0.15) is 0 Å². The van der Waals surface area contributed by atoms with Gasteiger partial charge >= 0.3 is 5.97 Å². The van der Waals surface area contributed by atoms with Crippen LogP contribution in [0.4, 0.5) is 0 Å². The maximum Gasteiger partial charge on any atom is 0.306 e. The summed E-state index contributed by atoms with van der Waals surface area (Å²) in [5, 5.41) is 0. The van der Waals surface area contributed by atoms with Crippen molar-refractivity contribution in [1.82, 2.24) is 0 Å². The summed E-state index contributed by atoms with van der Waals surface area (Å²) >= 11 is 0. The lowest BCUT2D eigenvalue weighted by Gasteiger charge is -2.17. The lowest BCUT2D eigenvalue weighted by molar-refractivity contribution is -0.149. The second-order valence-corrected chi connectivity index (χ2v) is 6.14. The van der Waals surface area contributed by atoms with Crippen molar-refractivity contribution in [3.63, 3.8) is 0 Å². The largest absolute Gasteiger partial charge is 0.462 e. The Kier molecular flexibility index (Phi) is 9.44. The predicted molar refractivity (Wildman–Crippen MR) is 84.7 cm³/mol. The van der Waals surface area contributed by atoms with E-state index in [1.807, 2.05) is 0 Å². The predicted octanol–water partition coefficient (Wildman–Crippen LogP) is 5.56. The molecule has 0 radical (unpaired) electrons. The van der Waals surface area contributed by atoms with Gasteiger partial charge in [0.1, 0.15) is 6.10 Å². The number of hydrogen-bond donors (Lipinski definition) is 0. The van der Waals surface area contributed by atoms with Gasteiger partial charge in [-0.3, -0.25) is 4.79 Å². The van der Waals surface area contributed by atoms with Gasteiger partial charge in [0.05, 0.1) is 0 Å². The van der Waals surface area contributed by atoms with Gasteiger partial charge in [-0.05, 0) is 38.5 Å². The van der Waals surface area contributed by atoms with E-state index < -0.39 is 0 Å². The van der Waals surface area contributed by atoms with E-state index in [0.29, 0.717) is 6.42 Å². The molecular weight excluding hydrogens is 248 g/mol.